The van der Waals surface area contributed by atoms with E-state index in [1.54, 1.807) is 0 Å². The van der Waals surface area contributed by atoms with Gasteiger partial charge in [-0.1, -0.05) is 24.3 Å². The van der Waals surface area contributed by atoms with E-state index in [0.29, 0.717) is 24.3 Å². The molecule has 28 heteroatoms. The van der Waals surface area contributed by atoms with Crippen molar-refractivity contribution in [2.24, 2.45) is 0 Å². The number of hydrogen-bond acceptors (Lipinski definition) is 10. The van der Waals surface area contributed by atoms with Gasteiger partial charge in [-0.15, -0.1) is 0 Å². The van der Waals surface area contributed by atoms with Crippen molar-refractivity contribution in [2.75, 3.05) is 9.80 Å². The molecule has 16 nitrogen and oxygen atoms in total. The number of alkyl halides is 12. The Morgan fingerprint density at radius 3 is 0.750 bits per heavy atom. The number of phenolic OH excluding ortho intramolecular Hbond substituents is 4. The lowest BCUT2D eigenvalue weighted by molar-refractivity contribution is -0.290. The van der Waals surface area contributed by atoms with Gasteiger partial charge in [0.2, 0.25) is 10.8 Å². The van der Waals surface area contributed by atoms with Crippen LogP contribution in [0.4, 0.5) is 75.4 Å². The third-order valence-corrected chi connectivity index (χ3v) is 12.2. The van der Waals surface area contributed by atoms with E-state index < -0.39 is 182 Å². The van der Waals surface area contributed by atoms with Crippen LogP contribution in [0, 0.1) is 0 Å². The third kappa shape index (κ3) is 8.35. The van der Waals surface area contributed by atoms with Gasteiger partial charge in [-0.2, -0.15) is 52.7 Å². The number of anilines is 4. The quantitative estimate of drug-likeness (QED) is 0.0721. The van der Waals surface area contributed by atoms with Gasteiger partial charge in [0.15, 0.2) is 0 Å². The minimum Gasteiger partial charge on any atom is -0.506 e. The fraction of sp³-hybridized carbons (Fsp3) is 0.125. The molecule has 6 aromatic carbocycles. The predicted molar refractivity (Wildman–Crippen MR) is 232 cm³/mol. The van der Waals surface area contributed by atoms with E-state index in [9.17, 15) is 69.6 Å². The standard InChI is InChI=1S/C48H26F12N2O14/c49-45(50,51)43(46(52,53)54)21-3-9-33(63)29(15-21)61(37(67)19-1-7-25(39(69)70)27(13-19)41(73)74)30-16-22(4-10-34(30)64)44(47(55,56)57,48(58,59)60)24-6-12-36(66)32(18-24)62(31-17-23(43)5-11-35(31)65)38(68)20-2-8-26(40(71)72)28(14-20)42(75)76/h1-18,63-66H,(H,69,70)(H,71,72)(H,73,74)(H,75,76). The van der Waals surface area contributed by atoms with E-state index in [0.717, 1.165) is 0 Å². The van der Waals surface area contributed by atoms with Gasteiger partial charge in [-0.3, -0.25) is 19.4 Å². The number of hydrogen-bond donors (Lipinski definition) is 8. The van der Waals surface area contributed by atoms with Gasteiger partial charge in [0.1, 0.15) is 23.0 Å². The second-order valence-electron chi connectivity index (χ2n) is 16.3. The number of carbonyl (C=O) groups excluding carboxylic acids is 2. The summed E-state index contributed by atoms with van der Waals surface area (Å²) < 4.78 is 192. The van der Waals surface area contributed by atoms with E-state index in [-0.39, 0.29) is 84.9 Å². The van der Waals surface area contributed by atoms with Crippen LogP contribution in [0.25, 0.3) is 0 Å². The van der Waals surface area contributed by atoms with E-state index >= 15 is 52.7 Å². The highest BCUT2D eigenvalue weighted by atomic mass is 19.4. The van der Waals surface area contributed by atoms with Gasteiger partial charge >= 0.3 is 48.6 Å². The van der Waals surface area contributed by atoms with Crippen molar-refractivity contribution in [3.63, 3.8) is 0 Å². The molecular formula is C48H26F12N2O14. The van der Waals surface area contributed by atoms with Crippen LogP contribution in [0.1, 0.15) is 84.4 Å². The molecule has 7 rings (SSSR count). The summed E-state index contributed by atoms with van der Waals surface area (Å²) >= 11 is 0. The first-order chi connectivity index (χ1) is 35.0. The van der Waals surface area contributed by atoms with Crippen molar-refractivity contribution in [3.8, 4) is 23.0 Å². The average Bonchev–Trinajstić information content (AvgIpc) is 3.30. The van der Waals surface area contributed by atoms with Crippen LogP contribution in [0.15, 0.2) is 109 Å². The molecule has 1 heterocycles. The molecular weight excluding hydrogens is 1060 g/mol. The molecule has 8 N–H and O–H groups in total. The lowest BCUT2D eigenvalue weighted by Gasteiger charge is -2.40. The lowest BCUT2D eigenvalue weighted by Crippen LogP contribution is -2.55. The first-order valence-electron chi connectivity index (χ1n) is 20.6. The summed E-state index contributed by atoms with van der Waals surface area (Å²) in [7, 11) is 0. The number of carboxylic acid groups (broad SMARTS) is 4. The molecule has 0 saturated heterocycles. The Morgan fingerprint density at radius 1 is 0.329 bits per heavy atom. The molecule has 0 saturated carbocycles. The zero-order valence-electron chi connectivity index (χ0n) is 36.8. The molecule has 6 aromatic rings. The van der Waals surface area contributed by atoms with Crippen LogP contribution in [0.3, 0.4) is 0 Å². The van der Waals surface area contributed by atoms with Crippen molar-refractivity contribution in [3.05, 3.63) is 165 Å². The van der Waals surface area contributed by atoms with Crippen molar-refractivity contribution in [1.82, 2.24) is 0 Å². The zero-order chi connectivity index (χ0) is 56.7. The number of aromatic hydroxyl groups is 4. The molecule has 2 amide bonds. The van der Waals surface area contributed by atoms with Crippen LogP contribution in [-0.4, -0.2) is 101 Å². The summed E-state index contributed by atoms with van der Waals surface area (Å²) in [5, 5.41) is 83.9. The molecule has 1 aliphatic rings. The molecule has 76 heavy (non-hydrogen) atoms. The normalized spacial score (nSPS) is 14.4. The summed E-state index contributed by atoms with van der Waals surface area (Å²) in [5.74, 6) is -19.0. The highest BCUT2D eigenvalue weighted by Crippen LogP contribution is 2.61. The number of carboxylic acids is 4. The number of phenols is 4. The predicted octanol–water partition coefficient (Wildman–Crippen LogP) is 10.4. The molecule has 0 spiro atoms. The van der Waals surface area contributed by atoms with E-state index in [1.165, 1.54) is 0 Å². The van der Waals surface area contributed by atoms with Crippen LogP contribution >= 0.6 is 0 Å². The molecule has 0 aliphatic carbocycles. The Kier molecular flexibility index (Phi) is 13.0. The molecule has 0 unspecified atom stereocenters. The highest BCUT2D eigenvalue weighted by molar-refractivity contribution is 6.16. The van der Waals surface area contributed by atoms with E-state index in [4.69, 9.17) is 0 Å². The van der Waals surface area contributed by atoms with Crippen LogP contribution in [-0.2, 0) is 10.8 Å². The minimum atomic E-state index is -6.77. The molecule has 1 aliphatic heterocycles. The van der Waals surface area contributed by atoms with Crippen molar-refractivity contribution in [1.29, 1.82) is 0 Å². The van der Waals surface area contributed by atoms with E-state index in [2.05, 4.69) is 0 Å². The smallest absolute Gasteiger partial charge is 0.411 e. The molecule has 396 valence electrons. The summed E-state index contributed by atoms with van der Waals surface area (Å²) in [6, 6.07) is 0.432. The van der Waals surface area contributed by atoms with Crippen molar-refractivity contribution in [2.45, 2.75) is 35.5 Å². The zero-order valence-corrected chi connectivity index (χ0v) is 36.8. The Labute approximate surface area is 413 Å². The second-order valence-corrected chi connectivity index (χ2v) is 16.3. The van der Waals surface area contributed by atoms with Gasteiger partial charge in [0, 0.05) is 11.1 Å². The highest BCUT2D eigenvalue weighted by Gasteiger charge is 2.74. The van der Waals surface area contributed by atoms with Gasteiger partial charge in [0.05, 0.1) is 45.0 Å². The fourth-order valence-corrected chi connectivity index (χ4v) is 8.74. The number of nitrogens with zero attached hydrogens (tertiary/aromatic N) is 2. The van der Waals surface area contributed by atoms with Crippen molar-refractivity contribution < 1.29 is 122 Å². The summed E-state index contributed by atoms with van der Waals surface area (Å²) in [6.07, 6.45) is -27.1. The Balaban J connectivity index is 1.75. The molecule has 0 radical (unpaired) electrons. The molecule has 8 bridgehead atoms. The van der Waals surface area contributed by atoms with Gasteiger partial charge in [-0.05, 0) is 107 Å². The lowest BCUT2D eigenvalue weighted by atomic mass is 9.72. The third-order valence-electron chi connectivity index (χ3n) is 12.2. The van der Waals surface area contributed by atoms with Gasteiger partial charge < -0.3 is 40.9 Å². The van der Waals surface area contributed by atoms with Crippen LogP contribution in [0.2, 0.25) is 0 Å². The number of amides is 2. The van der Waals surface area contributed by atoms with Gasteiger partial charge in [0.25, 0.3) is 11.8 Å². The van der Waals surface area contributed by atoms with E-state index in [1.807, 2.05) is 0 Å². The molecule has 0 fully saturated rings. The topological polar surface area (TPSA) is 271 Å². The first kappa shape index (κ1) is 54.3. The van der Waals surface area contributed by atoms with Crippen LogP contribution in [0.5, 0.6) is 23.0 Å². The monoisotopic (exact) mass is 1080 g/mol. The minimum absolute atomic E-state index is 0.00789. The maximum absolute atomic E-state index is 16.0. The summed E-state index contributed by atoms with van der Waals surface area (Å²) in [6.45, 7) is 0. The van der Waals surface area contributed by atoms with Crippen LogP contribution < -0.4 is 9.80 Å². The fourth-order valence-electron chi connectivity index (χ4n) is 8.74. The number of rotatable bonds is 6. The Morgan fingerprint density at radius 2 is 0.553 bits per heavy atom. The number of fused-ring (bicyclic) bond motifs is 8. The first-order valence-corrected chi connectivity index (χ1v) is 20.6. The van der Waals surface area contributed by atoms with Gasteiger partial charge in [-0.25, -0.2) is 19.2 Å². The SMILES string of the molecule is O=C(O)c1ccc(C(=O)N2c3cc(ccc3O)C(C(F)(F)F)(C(F)(F)F)c3ccc(O)c(c3)N(C(=O)c3ccc(C(=O)O)c(C(=O)O)c3)c3cc(ccc3O)C(C(F)(F)F)(C(F)(F)F)c3ccc(O)c2c3)cc1C(=O)O. The number of carbonyl (C=O) groups is 6. The number of halogens is 12. The Bertz CT molecular complexity index is 3110. The largest absolute Gasteiger partial charge is 0.506 e. The molecule has 0 atom stereocenters. The van der Waals surface area contributed by atoms with Crippen molar-refractivity contribution >= 4 is 58.4 Å². The average molecular weight is 1080 g/mol. The summed E-state index contributed by atoms with van der Waals surface area (Å²) in [5.41, 5.74) is -34.0. The Hall–Kier alpha value is -9.50. The maximum atomic E-state index is 16.0. The maximum Gasteiger partial charge on any atom is 0.411 e. The summed E-state index contributed by atoms with van der Waals surface area (Å²) in [4.78, 5) is 76.7. The second kappa shape index (κ2) is 18.2. The number of aromatic carboxylic acids is 4. The molecule has 0 aromatic heterocycles. The number of benzene rings is 6.